The summed E-state index contributed by atoms with van der Waals surface area (Å²) in [5.41, 5.74) is 0.434. The maximum Gasteiger partial charge on any atom is 0.259 e. The van der Waals surface area contributed by atoms with Gasteiger partial charge in [-0.25, -0.2) is 8.42 Å². The van der Waals surface area contributed by atoms with Gasteiger partial charge < -0.3 is 15.2 Å². The summed E-state index contributed by atoms with van der Waals surface area (Å²) in [6.07, 6.45) is 1.10. The number of phenols is 1. The van der Waals surface area contributed by atoms with Crippen molar-refractivity contribution in [1.29, 1.82) is 0 Å². The first kappa shape index (κ1) is 17.3. The molecule has 0 saturated carbocycles. The Bertz CT molecular complexity index is 847. The number of ether oxygens (including phenoxy) is 1. The standard InChI is InChI=1S/C15H14BrNO5S/c1-22-13-8-9(16)7-12(14(13)18)15(19)17-10-3-5-11(6-4-10)23(2,20)21/h3-8,18H,1-2H3,(H,17,19). The molecule has 8 heteroatoms. The van der Waals surface area contributed by atoms with E-state index in [-0.39, 0.29) is 22.0 Å². The smallest absolute Gasteiger partial charge is 0.259 e. The summed E-state index contributed by atoms with van der Waals surface area (Å²) >= 11 is 3.24. The van der Waals surface area contributed by atoms with E-state index in [1.165, 1.54) is 43.5 Å². The Morgan fingerprint density at radius 2 is 1.83 bits per heavy atom. The molecule has 0 heterocycles. The van der Waals surface area contributed by atoms with E-state index < -0.39 is 15.7 Å². The third-order valence-corrected chi connectivity index (χ3v) is 4.63. The highest BCUT2D eigenvalue weighted by Crippen LogP contribution is 2.34. The van der Waals surface area contributed by atoms with Crippen molar-refractivity contribution in [3.8, 4) is 11.5 Å². The molecule has 0 atom stereocenters. The van der Waals surface area contributed by atoms with Gasteiger partial charge in [-0.2, -0.15) is 0 Å². The monoisotopic (exact) mass is 399 g/mol. The number of sulfone groups is 1. The maximum absolute atomic E-state index is 12.3. The van der Waals surface area contributed by atoms with Crippen LogP contribution in [0.3, 0.4) is 0 Å². The zero-order valence-corrected chi connectivity index (χ0v) is 14.7. The number of carbonyl (C=O) groups is 1. The highest BCUT2D eigenvalue weighted by atomic mass is 79.9. The van der Waals surface area contributed by atoms with E-state index in [1.54, 1.807) is 0 Å². The molecule has 0 fully saturated rings. The van der Waals surface area contributed by atoms with Crippen molar-refractivity contribution in [1.82, 2.24) is 0 Å². The zero-order chi connectivity index (χ0) is 17.2. The Morgan fingerprint density at radius 3 is 2.35 bits per heavy atom. The van der Waals surface area contributed by atoms with Crippen LogP contribution in [0.5, 0.6) is 11.5 Å². The van der Waals surface area contributed by atoms with Crippen molar-refractivity contribution in [3.05, 3.63) is 46.4 Å². The van der Waals surface area contributed by atoms with Crippen LogP contribution in [0.2, 0.25) is 0 Å². The fourth-order valence-corrected chi connectivity index (χ4v) is 2.95. The van der Waals surface area contributed by atoms with Crippen LogP contribution in [0.15, 0.2) is 45.8 Å². The molecule has 0 aliphatic heterocycles. The molecule has 1 amide bonds. The third kappa shape index (κ3) is 4.02. The van der Waals surface area contributed by atoms with Crippen LogP contribution < -0.4 is 10.1 Å². The zero-order valence-electron chi connectivity index (χ0n) is 12.3. The van der Waals surface area contributed by atoms with Crippen LogP contribution >= 0.6 is 15.9 Å². The van der Waals surface area contributed by atoms with E-state index in [0.29, 0.717) is 10.2 Å². The second-order valence-corrected chi connectivity index (χ2v) is 7.69. The number of amides is 1. The second kappa shape index (κ2) is 6.59. The minimum absolute atomic E-state index is 0.0309. The quantitative estimate of drug-likeness (QED) is 0.824. The predicted octanol–water partition coefficient (Wildman–Crippen LogP) is 2.82. The van der Waals surface area contributed by atoms with E-state index >= 15 is 0 Å². The first-order valence-corrected chi connectivity index (χ1v) is 9.09. The molecule has 0 saturated heterocycles. The first-order valence-electron chi connectivity index (χ1n) is 6.40. The van der Waals surface area contributed by atoms with Crippen LogP contribution in [0.4, 0.5) is 5.69 Å². The lowest BCUT2D eigenvalue weighted by Gasteiger charge is -2.11. The van der Waals surface area contributed by atoms with Crippen LogP contribution in [0.1, 0.15) is 10.4 Å². The molecule has 2 aromatic carbocycles. The normalized spacial score (nSPS) is 11.1. The number of carbonyl (C=O) groups excluding carboxylic acids is 1. The van der Waals surface area contributed by atoms with Gasteiger partial charge >= 0.3 is 0 Å². The summed E-state index contributed by atoms with van der Waals surface area (Å²) in [5, 5.41) is 12.6. The summed E-state index contributed by atoms with van der Waals surface area (Å²) in [7, 11) is -1.91. The Morgan fingerprint density at radius 1 is 1.22 bits per heavy atom. The molecular formula is C15H14BrNO5S. The fourth-order valence-electron chi connectivity index (χ4n) is 1.89. The molecule has 23 heavy (non-hydrogen) atoms. The van der Waals surface area contributed by atoms with Gasteiger partial charge in [0.1, 0.15) is 0 Å². The molecule has 122 valence electrons. The number of phenolic OH excluding ortho intramolecular Hbond substituents is 1. The van der Waals surface area contributed by atoms with Crippen molar-refractivity contribution < 1.29 is 23.1 Å². The van der Waals surface area contributed by atoms with Gasteiger partial charge in [0, 0.05) is 16.4 Å². The van der Waals surface area contributed by atoms with Crippen molar-refractivity contribution in [2.24, 2.45) is 0 Å². The van der Waals surface area contributed by atoms with Crippen LogP contribution in [-0.4, -0.2) is 32.8 Å². The second-order valence-electron chi connectivity index (χ2n) is 4.75. The molecule has 2 N–H and O–H groups in total. The first-order chi connectivity index (χ1) is 10.7. The van der Waals surface area contributed by atoms with Gasteiger partial charge in [-0.1, -0.05) is 15.9 Å². The van der Waals surface area contributed by atoms with Gasteiger partial charge in [0.25, 0.3) is 5.91 Å². The lowest BCUT2D eigenvalue weighted by molar-refractivity contribution is 0.102. The van der Waals surface area contributed by atoms with Crippen molar-refractivity contribution in [3.63, 3.8) is 0 Å². The highest BCUT2D eigenvalue weighted by molar-refractivity contribution is 9.10. The highest BCUT2D eigenvalue weighted by Gasteiger charge is 2.17. The van der Waals surface area contributed by atoms with Crippen LogP contribution in [0.25, 0.3) is 0 Å². The SMILES string of the molecule is COc1cc(Br)cc(C(=O)Nc2ccc(S(C)(=O)=O)cc2)c1O. The molecule has 6 nitrogen and oxygen atoms in total. The predicted molar refractivity (Wildman–Crippen MR) is 89.9 cm³/mol. The van der Waals surface area contributed by atoms with Crippen LogP contribution in [-0.2, 0) is 9.84 Å². The number of aromatic hydroxyl groups is 1. The lowest BCUT2D eigenvalue weighted by Crippen LogP contribution is -2.12. The van der Waals surface area contributed by atoms with Crippen molar-refractivity contribution >= 4 is 37.4 Å². The largest absolute Gasteiger partial charge is 0.504 e. The number of hydrogen-bond donors (Lipinski definition) is 2. The fraction of sp³-hybridized carbons (Fsp3) is 0.133. The van der Waals surface area contributed by atoms with E-state index in [9.17, 15) is 18.3 Å². The van der Waals surface area contributed by atoms with Crippen LogP contribution in [0, 0.1) is 0 Å². The lowest BCUT2D eigenvalue weighted by atomic mass is 10.1. The van der Waals surface area contributed by atoms with Crippen molar-refractivity contribution in [2.45, 2.75) is 4.90 Å². The molecule has 0 spiro atoms. The molecule has 0 unspecified atom stereocenters. The summed E-state index contributed by atoms with van der Waals surface area (Å²) in [6, 6.07) is 8.73. The van der Waals surface area contributed by atoms with E-state index in [4.69, 9.17) is 4.74 Å². The molecule has 0 bridgehead atoms. The van der Waals surface area contributed by atoms with Gasteiger partial charge in [0.15, 0.2) is 21.3 Å². The van der Waals surface area contributed by atoms with Crippen molar-refractivity contribution in [2.75, 3.05) is 18.7 Å². The Kier molecular flexibility index (Phi) is 4.96. The number of anilines is 1. The average molecular weight is 400 g/mol. The summed E-state index contributed by atoms with van der Waals surface area (Å²) < 4.78 is 28.4. The average Bonchev–Trinajstić information content (AvgIpc) is 2.48. The molecule has 0 aromatic heterocycles. The maximum atomic E-state index is 12.3. The van der Waals surface area contributed by atoms with E-state index in [1.807, 2.05) is 0 Å². The van der Waals surface area contributed by atoms with Gasteiger partial charge in [-0.15, -0.1) is 0 Å². The van der Waals surface area contributed by atoms with Gasteiger partial charge in [0.05, 0.1) is 17.6 Å². The molecule has 2 aromatic rings. The summed E-state index contributed by atoms with van der Waals surface area (Å²) in [4.78, 5) is 12.4. The Labute approximate surface area is 142 Å². The Hall–Kier alpha value is -2.06. The van der Waals surface area contributed by atoms with Gasteiger partial charge in [0.2, 0.25) is 0 Å². The number of halogens is 1. The molecular weight excluding hydrogens is 386 g/mol. The number of nitrogens with one attached hydrogen (secondary N) is 1. The number of benzene rings is 2. The number of hydrogen-bond acceptors (Lipinski definition) is 5. The third-order valence-electron chi connectivity index (χ3n) is 3.04. The minimum Gasteiger partial charge on any atom is -0.504 e. The number of rotatable bonds is 4. The van der Waals surface area contributed by atoms with Gasteiger partial charge in [-0.05, 0) is 36.4 Å². The summed E-state index contributed by atoms with van der Waals surface area (Å²) in [5.74, 6) is -0.660. The van der Waals surface area contributed by atoms with Gasteiger partial charge in [-0.3, -0.25) is 4.79 Å². The molecule has 2 rings (SSSR count). The summed E-state index contributed by atoms with van der Waals surface area (Å²) in [6.45, 7) is 0. The molecule has 0 radical (unpaired) electrons. The topological polar surface area (TPSA) is 92.7 Å². The van der Waals surface area contributed by atoms with E-state index in [0.717, 1.165) is 6.26 Å². The number of methoxy groups -OCH3 is 1. The minimum atomic E-state index is -3.30. The molecule has 0 aliphatic rings. The molecule has 0 aliphatic carbocycles. The Balaban J connectivity index is 2.28. The van der Waals surface area contributed by atoms with E-state index in [2.05, 4.69) is 21.2 Å².